The second kappa shape index (κ2) is 10.3. The summed E-state index contributed by atoms with van der Waals surface area (Å²) in [6, 6.07) is -2.42. The van der Waals surface area contributed by atoms with Crippen molar-refractivity contribution in [1.82, 2.24) is 26.4 Å². The summed E-state index contributed by atoms with van der Waals surface area (Å²) in [5.74, 6) is -1.83. The van der Waals surface area contributed by atoms with E-state index in [9.17, 15) is 24.0 Å². The molecule has 1 fully saturated rings. The summed E-state index contributed by atoms with van der Waals surface area (Å²) in [5, 5.41) is 4.95. The van der Waals surface area contributed by atoms with E-state index in [2.05, 4.69) is 26.2 Å². The zero-order valence-electron chi connectivity index (χ0n) is 16.0. The summed E-state index contributed by atoms with van der Waals surface area (Å²) in [6.45, 7) is 6.44. The van der Waals surface area contributed by atoms with Crippen molar-refractivity contribution in [3.05, 3.63) is 0 Å². The average molecular weight is 385 g/mol. The van der Waals surface area contributed by atoms with Crippen molar-refractivity contribution in [2.45, 2.75) is 58.7 Å². The van der Waals surface area contributed by atoms with E-state index in [1.165, 1.54) is 25.7 Å². The summed E-state index contributed by atoms with van der Waals surface area (Å²) in [4.78, 5) is 60.5. The number of amides is 5. The molecule has 0 unspecified atom stereocenters. The molecule has 1 aliphatic heterocycles. The number of carbonyl (C=O) groups excluding carboxylic acids is 5. The zero-order chi connectivity index (χ0) is 20.6. The molecule has 0 spiro atoms. The third kappa shape index (κ3) is 6.76. The normalized spacial score (nSPS) is 18.1. The van der Waals surface area contributed by atoms with E-state index >= 15 is 0 Å². The van der Waals surface area contributed by atoms with Gasteiger partial charge < -0.3 is 20.3 Å². The number of likely N-dealkylation sites (tertiary alicyclic amines) is 1. The number of carbonyl (C=O) groups is 5. The van der Waals surface area contributed by atoms with E-state index < -0.39 is 41.9 Å². The Morgan fingerprint density at radius 1 is 1.07 bits per heavy atom. The lowest BCUT2D eigenvalue weighted by Gasteiger charge is -2.27. The van der Waals surface area contributed by atoms with Gasteiger partial charge in [0.15, 0.2) is 0 Å². The largest absolute Gasteiger partial charge is 0.449 e. The molecule has 0 bridgehead atoms. The SMILES string of the molecule is CCOC(=O)NNC(=O)[C@@H]1CCCN1C(=O)[C@H](C)NC(=O)[C@H](C)NC(C)=O. The summed E-state index contributed by atoms with van der Waals surface area (Å²) >= 11 is 0. The molecule has 0 radical (unpaired) electrons. The highest BCUT2D eigenvalue weighted by atomic mass is 16.6. The highest BCUT2D eigenvalue weighted by Gasteiger charge is 2.36. The van der Waals surface area contributed by atoms with Gasteiger partial charge in [-0.2, -0.15) is 0 Å². The maximum atomic E-state index is 12.6. The van der Waals surface area contributed by atoms with E-state index in [1.54, 1.807) is 6.92 Å². The number of hydrazine groups is 1. The molecule has 0 aromatic heterocycles. The Morgan fingerprint density at radius 2 is 1.74 bits per heavy atom. The van der Waals surface area contributed by atoms with Crippen LogP contribution in [0.3, 0.4) is 0 Å². The molecular weight excluding hydrogens is 358 g/mol. The Balaban J connectivity index is 2.61. The van der Waals surface area contributed by atoms with E-state index in [0.717, 1.165) is 0 Å². The Bertz CT molecular complexity index is 596. The van der Waals surface area contributed by atoms with Crippen LogP contribution in [0.2, 0.25) is 0 Å². The van der Waals surface area contributed by atoms with Crippen molar-refractivity contribution < 1.29 is 28.7 Å². The molecule has 1 rings (SSSR count). The van der Waals surface area contributed by atoms with Gasteiger partial charge in [-0.3, -0.25) is 24.6 Å². The first-order valence-electron chi connectivity index (χ1n) is 8.77. The highest BCUT2D eigenvalue weighted by molar-refractivity contribution is 5.94. The third-order valence-electron chi connectivity index (χ3n) is 3.94. The summed E-state index contributed by atoms with van der Waals surface area (Å²) < 4.78 is 4.64. The predicted octanol–water partition coefficient (Wildman–Crippen LogP) is -1.22. The zero-order valence-corrected chi connectivity index (χ0v) is 16.0. The molecule has 1 saturated heterocycles. The van der Waals surface area contributed by atoms with Gasteiger partial charge in [0.25, 0.3) is 5.91 Å². The maximum Gasteiger partial charge on any atom is 0.426 e. The number of ether oxygens (including phenoxy) is 1. The Hall–Kier alpha value is -2.85. The Morgan fingerprint density at radius 3 is 2.33 bits per heavy atom. The van der Waals surface area contributed by atoms with Gasteiger partial charge >= 0.3 is 6.09 Å². The van der Waals surface area contributed by atoms with Crippen LogP contribution in [0.5, 0.6) is 0 Å². The van der Waals surface area contributed by atoms with E-state index in [1.807, 2.05) is 0 Å². The molecule has 11 nitrogen and oxygen atoms in total. The second-order valence-electron chi connectivity index (χ2n) is 6.18. The monoisotopic (exact) mass is 385 g/mol. The summed E-state index contributed by atoms with van der Waals surface area (Å²) in [7, 11) is 0. The van der Waals surface area contributed by atoms with Crippen molar-refractivity contribution in [3.63, 3.8) is 0 Å². The Kier molecular flexibility index (Phi) is 8.49. The maximum absolute atomic E-state index is 12.6. The van der Waals surface area contributed by atoms with Crippen LogP contribution in [0.4, 0.5) is 4.79 Å². The molecule has 0 saturated carbocycles. The van der Waals surface area contributed by atoms with Crippen LogP contribution in [-0.2, 0) is 23.9 Å². The van der Waals surface area contributed by atoms with Gasteiger partial charge in [0.05, 0.1) is 6.61 Å². The standard InChI is InChI=1S/C16H27N5O6/c1-5-27-16(26)20-19-14(24)12-7-6-8-21(12)15(25)10(3)18-13(23)9(2)17-11(4)22/h9-10,12H,5-8H2,1-4H3,(H,17,22)(H,18,23)(H,19,24)(H,20,26)/t9-,10-,12-/m0/s1. The van der Waals surface area contributed by atoms with Gasteiger partial charge in [-0.05, 0) is 33.6 Å². The van der Waals surface area contributed by atoms with Gasteiger partial charge in [0.1, 0.15) is 18.1 Å². The van der Waals surface area contributed by atoms with Crippen molar-refractivity contribution in [1.29, 1.82) is 0 Å². The first-order valence-corrected chi connectivity index (χ1v) is 8.77. The molecule has 0 aromatic rings. The quantitative estimate of drug-likeness (QED) is 0.422. The number of hydrogen-bond donors (Lipinski definition) is 4. The summed E-state index contributed by atoms with van der Waals surface area (Å²) in [5.41, 5.74) is 4.33. The van der Waals surface area contributed by atoms with Crippen LogP contribution in [0.15, 0.2) is 0 Å². The first-order chi connectivity index (χ1) is 12.7. The molecule has 1 aliphatic rings. The molecule has 3 atom stereocenters. The van der Waals surface area contributed by atoms with Gasteiger partial charge in [-0.25, -0.2) is 10.2 Å². The fourth-order valence-electron chi connectivity index (χ4n) is 2.69. The van der Waals surface area contributed by atoms with Gasteiger partial charge in [-0.15, -0.1) is 0 Å². The van der Waals surface area contributed by atoms with Crippen LogP contribution in [0.1, 0.15) is 40.5 Å². The molecule has 0 aliphatic carbocycles. The molecule has 4 N–H and O–H groups in total. The van der Waals surface area contributed by atoms with Crippen LogP contribution < -0.4 is 21.5 Å². The minimum absolute atomic E-state index is 0.157. The molecule has 11 heteroatoms. The van der Waals surface area contributed by atoms with Crippen molar-refractivity contribution >= 4 is 29.7 Å². The average Bonchev–Trinajstić information content (AvgIpc) is 3.08. The lowest BCUT2D eigenvalue weighted by Crippen LogP contribution is -2.56. The van der Waals surface area contributed by atoms with Crippen molar-refractivity contribution in [2.24, 2.45) is 0 Å². The molecule has 1 heterocycles. The lowest BCUT2D eigenvalue weighted by molar-refractivity contribution is -0.141. The number of hydrogen-bond acceptors (Lipinski definition) is 6. The van der Waals surface area contributed by atoms with Crippen LogP contribution >= 0.6 is 0 Å². The van der Waals surface area contributed by atoms with Crippen LogP contribution in [-0.4, -0.2) is 65.9 Å². The summed E-state index contributed by atoms with van der Waals surface area (Å²) in [6.07, 6.45) is 0.256. The van der Waals surface area contributed by atoms with Crippen molar-refractivity contribution in [2.75, 3.05) is 13.2 Å². The van der Waals surface area contributed by atoms with E-state index in [4.69, 9.17) is 0 Å². The molecule has 5 amide bonds. The topological polar surface area (TPSA) is 146 Å². The molecule has 152 valence electrons. The third-order valence-corrected chi connectivity index (χ3v) is 3.94. The van der Waals surface area contributed by atoms with Crippen LogP contribution in [0.25, 0.3) is 0 Å². The smallest absolute Gasteiger partial charge is 0.426 e. The van der Waals surface area contributed by atoms with Gasteiger partial charge in [0.2, 0.25) is 17.7 Å². The second-order valence-corrected chi connectivity index (χ2v) is 6.18. The van der Waals surface area contributed by atoms with E-state index in [0.29, 0.717) is 19.4 Å². The number of rotatable bonds is 6. The molecule has 27 heavy (non-hydrogen) atoms. The van der Waals surface area contributed by atoms with Gasteiger partial charge in [-0.1, -0.05) is 0 Å². The first kappa shape index (κ1) is 22.2. The predicted molar refractivity (Wildman–Crippen MR) is 93.9 cm³/mol. The molecule has 0 aromatic carbocycles. The Labute approximate surface area is 157 Å². The minimum Gasteiger partial charge on any atom is -0.449 e. The van der Waals surface area contributed by atoms with Crippen LogP contribution in [0, 0.1) is 0 Å². The number of nitrogens with zero attached hydrogens (tertiary/aromatic N) is 1. The minimum atomic E-state index is -0.875. The van der Waals surface area contributed by atoms with Crippen molar-refractivity contribution in [3.8, 4) is 0 Å². The van der Waals surface area contributed by atoms with Gasteiger partial charge in [0, 0.05) is 13.5 Å². The molecular formula is C16H27N5O6. The highest BCUT2D eigenvalue weighted by Crippen LogP contribution is 2.18. The fourth-order valence-corrected chi connectivity index (χ4v) is 2.69. The lowest BCUT2D eigenvalue weighted by atomic mass is 10.2. The van der Waals surface area contributed by atoms with E-state index in [-0.39, 0.29) is 12.5 Å². The number of nitrogens with one attached hydrogen (secondary N) is 4. The fraction of sp³-hybridized carbons (Fsp3) is 0.688.